The highest BCUT2D eigenvalue weighted by Gasteiger charge is 2.24. The number of benzene rings is 2. The van der Waals surface area contributed by atoms with Gasteiger partial charge in [0, 0.05) is 25.8 Å². The van der Waals surface area contributed by atoms with Gasteiger partial charge < -0.3 is 15.5 Å². The molecule has 4 heteroatoms. The quantitative estimate of drug-likeness (QED) is 0.859. The van der Waals surface area contributed by atoms with Gasteiger partial charge in [0.1, 0.15) is 0 Å². The van der Waals surface area contributed by atoms with E-state index in [2.05, 4.69) is 11.9 Å². The lowest BCUT2D eigenvalue weighted by Crippen LogP contribution is -2.43. The fourth-order valence-electron chi connectivity index (χ4n) is 2.72. The van der Waals surface area contributed by atoms with Crippen molar-refractivity contribution in [1.29, 1.82) is 0 Å². The molecular formula is C17H19N3O. The normalized spacial score (nSPS) is 14.0. The van der Waals surface area contributed by atoms with Crippen LogP contribution in [0.4, 0.5) is 17.1 Å². The van der Waals surface area contributed by atoms with E-state index in [9.17, 15) is 4.79 Å². The summed E-state index contributed by atoms with van der Waals surface area (Å²) in [5.41, 5.74) is 9.57. The molecule has 0 atom stereocenters. The van der Waals surface area contributed by atoms with Gasteiger partial charge in [-0.15, -0.1) is 0 Å². The van der Waals surface area contributed by atoms with Gasteiger partial charge >= 0.3 is 0 Å². The molecule has 2 N–H and O–H groups in total. The average molecular weight is 281 g/mol. The van der Waals surface area contributed by atoms with Crippen molar-refractivity contribution >= 4 is 23.0 Å². The van der Waals surface area contributed by atoms with Crippen molar-refractivity contribution in [2.75, 3.05) is 35.7 Å². The van der Waals surface area contributed by atoms with Crippen LogP contribution in [0, 0.1) is 0 Å². The maximum Gasteiger partial charge on any atom is 0.231 e. The fraction of sp³-hybridized carbons (Fsp3) is 0.235. The van der Waals surface area contributed by atoms with Crippen molar-refractivity contribution in [3.63, 3.8) is 0 Å². The van der Waals surface area contributed by atoms with Crippen molar-refractivity contribution in [1.82, 2.24) is 0 Å². The van der Waals surface area contributed by atoms with Gasteiger partial charge in [0.15, 0.2) is 0 Å². The summed E-state index contributed by atoms with van der Waals surface area (Å²) in [4.78, 5) is 16.7. The van der Waals surface area contributed by atoms with Gasteiger partial charge in [-0.25, -0.2) is 0 Å². The third kappa shape index (κ3) is 2.57. The number of nitrogen functional groups attached to an aromatic ring is 1. The van der Waals surface area contributed by atoms with Crippen LogP contribution in [0.5, 0.6) is 0 Å². The molecular weight excluding hydrogens is 262 g/mol. The zero-order valence-electron chi connectivity index (χ0n) is 12.1. The van der Waals surface area contributed by atoms with E-state index < -0.39 is 0 Å². The van der Waals surface area contributed by atoms with Crippen LogP contribution in [0.15, 0.2) is 48.5 Å². The molecule has 2 aromatic carbocycles. The van der Waals surface area contributed by atoms with E-state index in [1.54, 1.807) is 0 Å². The Morgan fingerprint density at radius 2 is 1.71 bits per heavy atom. The van der Waals surface area contributed by atoms with Crippen LogP contribution in [0.25, 0.3) is 0 Å². The molecule has 1 amide bonds. The van der Waals surface area contributed by atoms with Crippen LogP contribution in [-0.4, -0.2) is 26.0 Å². The standard InChI is InChI=1S/C17H19N3O/c1-19-10-11-20(16-9-5-4-8-15(16)19)17(21)12-13-6-2-3-7-14(13)18/h2-9H,10-12,18H2,1H3. The summed E-state index contributed by atoms with van der Waals surface area (Å²) in [5, 5.41) is 0. The Morgan fingerprint density at radius 3 is 2.48 bits per heavy atom. The first-order valence-electron chi connectivity index (χ1n) is 7.11. The fourth-order valence-corrected chi connectivity index (χ4v) is 2.72. The number of para-hydroxylation sites is 3. The predicted octanol–water partition coefficient (Wildman–Crippen LogP) is 2.29. The zero-order chi connectivity index (χ0) is 14.8. The number of fused-ring (bicyclic) bond motifs is 1. The second-order valence-electron chi connectivity index (χ2n) is 5.33. The van der Waals surface area contributed by atoms with Gasteiger partial charge in [0.2, 0.25) is 5.91 Å². The third-order valence-corrected chi connectivity index (χ3v) is 3.94. The van der Waals surface area contributed by atoms with E-state index >= 15 is 0 Å². The summed E-state index contributed by atoms with van der Waals surface area (Å²) < 4.78 is 0. The second-order valence-corrected chi connectivity index (χ2v) is 5.33. The van der Waals surface area contributed by atoms with E-state index in [0.29, 0.717) is 18.7 Å². The van der Waals surface area contributed by atoms with Crippen molar-refractivity contribution in [2.45, 2.75) is 6.42 Å². The lowest BCUT2D eigenvalue weighted by molar-refractivity contribution is -0.118. The molecule has 0 radical (unpaired) electrons. The third-order valence-electron chi connectivity index (χ3n) is 3.94. The van der Waals surface area contributed by atoms with Crippen molar-refractivity contribution in [2.24, 2.45) is 0 Å². The Labute approximate surface area is 124 Å². The predicted molar refractivity (Wildman–Crippen MR) is 86.6 cm³/mol. The number of hydrogen-bond donors (Lipinski definition) is 1. The van der Waals surface area contributed by atoms with Crippen molar-refractivity contribution < 1.29 is 4.79 Å². The van der Waals surface area contributed by atoms with E-state index in [4.69, 9.17) is 5.73 Å². The van der Waals surface area contributed by atoms with Crippen LogP contribution in [0.2, 0.25) is 0 Å². The van der Waals surface area contributed by atoms with E-state index in [0.717, 1.165) is 23.5 Å². The molecule has 0 saturated carbocycles. The molecule has 2 aromatic rings. The molecule has 0 unspecified atom stereocenters. The van der Waals surface area contributed by atoms with Crippen LogP contribution in [0.1, 0.15) is 5.56 Å². The summed E-state index contributed by atoms with van der Waals surface area (Å²) in [5.74, 6) is 0.0912. The van der Waals surface area contributed by atoms with E-state index in [1.807, 2.05) is 53.4 Å². The molecule has 0 spiro atoms. The second kappa shape index (κ2) is 5.48. The Balaban J connectivity index is 1.86. The maximum absolute atomic E-state index is 12.6. The summed E-state index contributed by atoms with van der Waals surface area (Å²) in [6, 6.07) is 15.6. The monoisotopic (exact) mass is 281 g/mol. The highest BCUT2D eigenvalue weighted by atomic mass is 16.2. The highest BCUT2D eigenvalue weighted by molar-refractivity contribution is 5.99. The summed E-state index contributed by atoms with van der Waals surface area (Å²) in [6.45, 7) is 1.55. The molecule has 0 saturated heterocycles. The van der Waals surface area contributed by atoms with Crippen LogP contribution < -0.4 is 15.5 Å². The van der Waals surface area contributed by atoms with Gasteiger partial charge in [-0.2, -0.15) is 0 Å². The molecule has 4 nitrogen and oxygen atoms in total. The highest BCUT2D eigenvalue weighted by Crippen LogP contribution is 2.32. The Hall–Kier alpha value is -2.49. The van der Waals surface area contributed by atoms with Gasteiger partial charge in [-0.1, -0.05) is 30.3 Å². The van der Waals surface area contributed by atoms with Gasteiger partial charge in [-0.3, -0.25) is 4.79 Å². The summed E-state index contributed by atoms with van der Waals surface area (Å²) in [6.07, 6.45) is 0.338. The van der Waals surface area contributed by atoms with Crippen molar-refractivity contribution in [3.05, 3.63) is 54.1 Å². The maximum atomic E-state index is 12.6. The number of hydrogen-bond acceptors (Lipinski definition) is 3. The number of anilines is 3. The first-order valence-corrected chi connectivity index (χ1v) is 7.11. The van der Waals surface area contributed by atoms with Crippen molar-refractivity contribution in [3.8, 4) is 0 Å². The molecule has 108 valence electrons. The minimum absolute atomic E-state index is 0.0912. The number of nitrogens with zero attached hydrogens (tertiary/aromatic N) is 2. The lowest BCUT2D eigenvalue weighted by atomic mass is 10.1. The number of likely N-dealkylation sites (N-methyl/N-ethyl adjacent to an activating group) is 1. The number of carbonyl (C=O) groups is 1. The van der Waals surface area contributed by atoms with E-state index in [-0.39, 0.29) is 5.91 Å². The van der Waals surface area contributed by atoms with Gasteiger partial charge in [0.05, 0.1) is 17.8 Å². The Kier molecular flexibility index (Phi) is 3.52. The molecule has 1 heterocycles. The Morgan fingerprint density at radius 1 is 1.05 bits per heavy atom. The molecule has 21 heavy (non-hydrogen) atoms. The topological polar surface area (TPSA) is 49.6 Å². The number of carbonyl (C=O) groups excluding carboxylic acids is 1. The SMILES string of the molecule is CN1CCN(C(=O)Cc2ccccc2N)c2ccccc21. The number of nitrogens with two attached hydrogens (primary N) is 1. The van der Waals surface area contributed by atoms with Crippen LogP contribution in [0.3, 0.4) is 0 Å². The largest absolute Gasteiger partial charge is 0.398 e. The molecule has 0 aliphatic carbocycles. The van der Waals surface area contributed by atoms with Crippen LogP contribution >= 0.6 is 0 Å². The lowest BCUT2D eigenvalue weighted by Gasteiger charge is -2.35. The number of rotatable bonds is 2. The Bertz CT molecular complexity index is 669. The average Bonchev–Trinajstić information content (AvgIpc) is 2.50. The molecule has 3 rings (SSSR count). The molecule has 1 aliphatic rings. The van der Waals surface area contributed by atoms with Gasteiger partial charge in [-0.05, 0) is 23.8 Å². The molecule has 1 aliphatic heterocycles. The van der Waals surface area contributed by atoms with Gasteiger partial charge in [0.25, 0.3) is 0 Å². The summed E-state index contributed by atoms with van der Waals surface area (Å²) >= 11 is 0. The smallest absolute Gasteiger partial charge is 0.231 e. The summed E-state index contributed by atoms with van der Waals surface area (Å²) in [7, 11) is 2.05. The number of amides is 1. The molecule has 0 aromatic heterocycles. The minimum Gasteiger partial charge on any atom is -0.398 e. The minimum atomic E-state index is 0.0912. The van der Waals surface area contributed by atoms with Crippen LogP contribution in [-0.2, 0) is 11.2 Å². The first-order chi connectivity index (χ1) is 10.2. The molecule has 0 bridgehead atoms. The van der Waals surface area contributed by atoms with E-state index in [1.165, 1.54) is 0 Å². The molecule has 0 fully saturated rings. The zero-order valence-corrected chi connectivity index (χ0v) is 12.1. The first kappa shape index (κ1) is 13.5.